The number of amides is 2. The van der Waals surface area contributed by atoms with Gasteiger partial charge in [-0.15, -0.1) is 0 Å². The summed E-state index contributed by atoms with van der Waals surface area (Å²) in [6, 6.07) is 6.80. The molecule has 1 aromatic heterocycles. The van der Waals surface area contributed by atoms with Crippen molar-refractivity contribution < 1.29 is 41.0 Å². The molecule has 0 saturated carbocycles. The number of halogens is 6. The van der Waals surface area contributed by atoms with Gasteiger partial charge in [0.05, 0.1) is 11.6 Å². The molecular weight excluding hydrogens is 775 g/mol. The first-order valence-electron chi connectivity index (χ1n) is 19.0. The number of hydrogen-bond donors (Lipinski definition) is 4. The number of piperazine rings is 1. The minimum atomic E-state index is -4.64. The van der Waals surface area contributed by atoms with Crippen LogP contribution < -0.4 is 25.2 Å². The van der Waals surface area contributed by atoms with Crippen LogP contribution in [0, 0.1) is 23.4 Å². The molecule has 3 atom stereocenters. The molecule has 4 heterocycles. The third-order valence-electron chi connectivity index (χ3n) is 11.0. The fourth-order valence-corrected chi connectivity index (χ4v) is 8.61. The summed E-state index contributed by atoms with van der Waals surface area (Å²) in [5.74, 6) is -4.66. The third-order valence-corrected chi connectivity index (χ3v) is 12.0. The van der Waals surface area contributed by atoms with Crippen molar-refractivity contribution in [3.05, 3.63) is 76.8 Å². The number of benzene rings is 2. The van der Waals surface area contributed by atoms with E-state index in [1.807, 2.05) is 17.9 Å². The number of nitrogens with one attached hydrogen (secondary N) is 3. The van der Waals surface area contributed by atoms with Gasteiger partial charge in [0.15, 0.2) is 0 Å². The first-order valence-corrected chi connectivity index (χ1v) is 19.9. The van der Waals surface area contributed by atoms with E-state index in [-0.39, 0.29) is 41.8 Å². The molecule has 7 rings (SSSR count). The zero-order valence-electron chi connectivity index (χ0n) is 31.3. The van der Waals surface area contributed by atoms with Crippen molar-refractivity contribution in [2.24, 2.45) is 5.92 Å². The van der Waals surface area contributed by atoms with Gasteiger partial charge in [0, 0.05) is 81.0 Å². The van der Waals surface area contributed by atoms with Crippen molar-refractivity contribution in [2.45, 2.75) is 74.6 Å². The number of alkyl halides is 3. The number of nitrogens with zero attached hydrogens (tertiary/aromatic N) is 5. The first kappa shape index (κ1) is 40.8. The number of carbonyl (C=O) groups excluding carboxylic acids is 2. The normalized spacial score (nSPS) is 23.7. The van der Waals surface area contributed by atoms with Crippen LogP contribution in [0.25, 0.3) is 0 Å². The highest BCUT2D eigenvalue weighted by atomic mass is 32.2. The Balaban J connectivity index is 0.893. The smallest absolute Gasteiger partial charge is 0.375 e. The Hall–Kier alpha value is -4.39. The van der Waals surface area contributed by atoms with E-state index in [0.717, 1.165) is 36.6 Å². The Morgan fingerprint density at radius 2 is 1.74 bits per heavy atom. The average Bonchev–Trinajstić information content (AvgIpc) is 3.16. The summed E-state index contributed by atoms with van der Waals surface area (Å²) in [6.07, 6.45) is 1.15. The van der Waals surface area contributed by atoms with Crippen LogP contribution in [0.1, 0.15) is 68.9 Å². The van der Waals surface area contributed by atoms with E-state index in [9.17, 15) is 27.9 Å². The zero-order valence-corrected chi connectivity index (χ0v) is 32.1. The molecule has 0 spiro atoms. The van der Waals surface area contributed by atoms with Gasteiger partial charge < -0.3 is 20.2 Å². The van der Waals surface area contributed by atoms with Crippen molar-refractivity contribution in [3.63, 3.8) is 0 Å². The summed E-state index contributed by atoms with van der Waals surface area (Å²) < 4.78 is 89.9. The molecule has 4 N–H and O–H groups in total. The Labute approximate surface area is 330 Å². The van der Waals surface area contributed by atoms with Crippen molar-refractivity contribution in [1.29, 1.82) is 0 Å². The number of piperidine rings is 2. The van der Waals surface area contributed by atoms with Gasteiger partial charge in [-0.2, -0.15) is 18.2 Å². The SMILES string of the molecule is CC1CCCN(c2nc(Nc3ccc(SNC4(O)CC=C(CN5CCN(c6cc(F)c(C7CCC(=O)NC7=O)c(F)c6)CC5)CC4)cc3F)ncc2C(F)(F)F)C1. The molecule has 0 bridgehead atoms. The molecule has 3 fully saturated rings. The molecule has 1 aliphatic carbocycles. The fourth-order valence-electron chi connectivity index (χ4n) is 7.82. The second-order valence-electron chi connectivity index (χ2n) is 15.3. The summed E-state index contributed by atoms with van der Waals surface area (Å²) in [5, 5.41) is 16.1. The third kappa shape index (κ3) is 9.67. The van der Waals surface area contributed by atoms with E-state index in [4.69, 9.17) is 0 Å². The van der Waals surface area contributed by atoms with Crippen molar-refractivity contribution in [1.82, 2.24) is 24.9 Å². The monoisotopic (exact) mass is 818 g/mol. The van der Waals surface area contributed by atoms with E-state index in [1.165, 1.54) is 24.3 Å². The van der Waals surface area contributed by atoms with E-state index in [1.54, 1.807) is 11.0 Å². The second kappa shape index (κ2) is 16.8. The maximum atomic E-state index is 15.2. The Kier molecular flexibility index (Phi) is 12.0. The van der Waals surface area contributed by atoms with Gasteiger partial charge in [-0.25, -0.2) is 22.9 Å². The predicted octanol–water partition coefficient (Wildman–Crippen LogP) is 6.63. The van der Waals surface area contributed by atoms with Gasteiger partial charge in [0.1, 0.15) is 34.6 Å². The number of aliphatic hydroxyl groups is 1. The van der Waals surface area contributed by atoms with Crippen molar-refractivity contribution in [3.8, 4) is 0 Å². The van der Waals surface area contributed by atoms with Crippen LogP contribution in [0.5, 0.6) is 0 Å². The summed E-state index contributed by atoms with van der Waals surface area (Å²) in [4.78, 5) is 37.9. The summed E-state index contributed by atoms with van der Waals surface area (Å²) >= 11 is 1.06. The zero-order chi connectivity index (χ0) is 40.5. The Bertz CT molecular complexity index is 2010. The number of carbonyl (C=O) groups is 2. The minimum absolute atomic E-state index is 0.0103. The average molecular weight is 819 g/mol. The quantitative estimate of drug-likeness (QED) is 0.0580. The number of imide groups is 1. The molecule has 3 aliphatic heterocycles. The van der Waals surface area contributed by atoms with Crippen molar-refractivity contribution >= 4 is 46.9 Å². The molecule has 18 heteroatoms. The number of hydrogen-bond acceptors (Lipinski definition) is 11. The maximum absolute atomic E-state index is 15.2. The van der Waals surface area contributed by atoms with Gasteiger partial charge in [-0.3, -0.25) is 19.8 Å². The summed E-state index contributed by atoms with van der Waals surface area (Å²) in [5.41, 5.74) is -0.970. The predicted molar refractivity (Wildman–Crippen MR) is 203 cm³/mol. The Morgan fingerprint density at radius 3 is 2.39 bits per heavy atom. The maximum Gasteiger partial charge on any atom is 0.421 e. The lowest BCUT2D eigenvalue weighted by Crippen LogP contribution is -2.48. The molecule has 57 heavy (non-hydrogen) atoms. The Morgan fingerprint density at radius 1 is 0.982 bits per heavy atom. The van der Waals surface area contributed by atoms with E-state index < -0.39 is 52.6 Å². The number of rotatable bonds is 10. The molecular formula is C39H44F6N8O3S. The van der Waals surface area contributed by atoms with Gasteiger partial charge in [-0.1, -0.05) is 18.6 Å². The van der Waals surface area contributed by atoms with Crippen LogP contribution in [0.4, 0.5) is 49.5 Å². The minimum Gasteiger partial charge on any atom is -0.375 e. The van der Waals surface area contributed by atoms with E-state index in [0.29, 0.717) is 75.7 Å². The molecule has 4 aliphatic rings. The molecule has 3 saturated heterocycles. The molecule has 0 radical (unpaired) electrons. The lowest BCUT2D eigenvalue weighted by Gasteiger charge is -2.38. The largest absolute Gasteiger partial charge is 0.421 e. The van der Waals surface area contributed by atoms with Crippen LogP contribution in [0.2, 0.25) is 0 Å². The van der Waals surface area contributed by atoms with Crippen LogP contribution >= 0.6 is 11.9 Å². The van der Waals surface area contributed by atoms with Gasteiger partial charge in [0.2, 0.25) is 17.8 Å². The summed E-state index contributed by atoms with van der Waals surface area (Å²) in [7, 11) is 0. The van der Waals surface area contributed by atoms with Gasteiger partial charge in [-0.05, 0) is 80.3 Å². The van der Waals surface area contributed by atoms with Gasteiger partial charge in [0.25, 0.3) is 0 Å². The van der Waals surface area contributed by atoms with E-state index in [2.05, 4.69) is 30.2 Å². The van der Waals surface area contributed by atoms with Crippen LogP contribution in [0.3, 0.4) is 0 Å². The second-order valence-corrected chi connectivity index (χ2v) is 16.2. The standard InChI is InChI=1S/C39H44F6N8O3S/c1-23-3-2-12-53(21-23)35-28(39(43,44)45)20-46-37(49-35)47-32-6-4-26(19-29(32)40)57-50-38(56)10-8-24(9-11-38)22-51-13-15-52(16-14-51)25-17-30(41)34(31(42)18-25)27-5-7-33(54)48-36(27)55/h4,6,8,17-20,23,27,50,56H,2-3,5,7,9-16,21-22H2,1H3,(H,46,47,49)(H,48,54,55). The molecule has 306 valence electrons. The van der Waals surface area contributed by atoms with Crippen LogP contribution in [0.15, 0.2) is 53.1 Å². The van der Waals surface area contributed by atoms with E-state index >= 15 is 13.2 Å². The molecule has 3 aromatic rings. The molecule has 2 aromatic carbocycles. The van der Waals surface area contributed by atoms with Gasteiger partial charge >= 0.3 is 6.18 Å². The molecule has 2 amide bonds. The topological polar surface area (TPSA) is 126 Å². The van der Waals surface area contributed by atoms with Crippen LogP contribution in [-0.4, -0.2) is 83.3 Å². The van der Waals surface area contributed by atoms with Crippen LogP contribution in [-0.2, 0) is 15.8 Å². The highest BCUT2D eigenvalue weighted by Gasteiger charge is 2.38. The lowest BCUT2D eigenvalue weighted by atomic mass is 9.89. The lowest BCUT2D eigenvalue weighted by molar-refractivity contribution is -0.138. The highest BCUT2D eigenvalue weighted by Crippen LogP contribution is 2.38. The highest BCUT2D eigenvalue weighted by molar-refractivity contribution is 7.97. The first-order chi connectivity index (χ1) is 27.1. The fraction of sp³-hybridized carbons (Fsp3) is 0.487. The molecule has 11 nitrogen and oxygen atoms in total. The van der Waals surface area contributed by atoms with Crippen molar-refractivity contribution in [2.75, 3.05) is 60.9 Å². The summed E-state index contributed by atoms with van der Waals surface area (Å²) in [6.45, 7) is 5.88. The molecule has 3 unspecified atom stereocenters. The number of anilines is 4. The number of aromatic nitrogens is 2.